The minimum absolute atomic E-state index is 0.130. The summed E-state index contributed by atoms with van der Waals surface area (Å²) in [6, 6.07) is 9.71. The minimum atomic E-state index is -2.78. The lowest BCUT2D eigenvalue weighted by atomic mass is 10.1. The van der Waals surface area contributed by atoms with Crippen molar-refractivity contribution < 1.29 is 17.6 Å². The van der Waals surface area contributed by atoms with Crippen molar-refractivity contribution in [1.82, 2.24) is 19.8 Å². The van der Waals surface area contributed by atoms with Gasteiger partial charge in [-0.3, -0.25) is 0 Å². The van der Waals surface area contributed by atoms with Crippen molar-refractivity contribution in [2.45, 2.75) is 24.7 Å². The van der Waals surface area contributed by atoms with Crippen LogP contribution in [-0.2, 0) is 0 Å². The Bertz CT molecular complexity index is 873. The summed E-state index contributed by atoms with van der Waals surface area (Å²) in [4.78, 5) is 0. The molecule has 23 heavy (non-hydrogen) atoms. The van der Waals surface area contributed by atoms with Gasteiger partial charge in [0.1, 0.15) is 0 Å². The molecule has 8 heteroatoms. The van der Waals surface area contributed by atoms with E-state index in [0.717, 1.165) is 4.52 Å². The molecule has 4 nitrogen and oxygen atoms in total. The molecule has 118 valence electrons. The van der Waals surface area contributed by atoms with Gasteiger partial charge in [-0.15, -0.1) is 10.2 Å². The first-order valence-electron chi connectivity index (χ1n) is 6.94. The minimum Gasteiger partial charge on any atom is -0.206 e. The molecule has 1 aliphatic rings. The standard InChI is InChI=1S/C15H10F4N4/c16-13(17)14-21-20-12-6-5-11(22-23(12)14)9-3-1-8(2-4-9)10-7-15(10,18)19/h1-6,10,13H,7H2/t10-/m0/s1. The Morgan fingerprint density at radius 2 is 1.74 bits per heavy atom. The fourth-order valence-corrected chi connectivity index (χ4v) is 2.56. The van der Waals surface area contributed by atoms with Gasteiger partial charge in [-0.05, 0) is 17.7 Å². The van der Waals surface area contributed by atoms with Crippen molar-refractivity contribution >= 4 is 5.65 Å². The second-order valence-corrected chi connectivity index (χ2v) is 5.49. The molecule has 4 rings (SSSR count). The maximum atomic E-state index is 13.1. The van der Waals surface area contributed by atoms with Crippen LogP contribution in [0.3, 0.4) is 0 Å². The van der Waals surface area contributed by atoms with Crippen LogP contribution in [0.1, 0.15) is 30.2 Å². The topological polar surface area (TPSA) is 43.1 Å². The summed E-state index contributed by atoms with van der Waals surface area (Å²) >= 11 is 0. The lowest BCUT2D eigenvalue weighted by molar-refractivity contribution is 0.112. The van der Waals surface area contributed by atoms with E-state index in [1.54, 1.807) is 30.3 Å². The van der Waals surface area contributed by atoms with Gasteiger partial charge >= 0.3 is 0 Å². The zero-order valence-corrected chi connectivity index (χ0v) is 11.6. The smallest absolute Gasteiger partial charge is 0.206 e. The third kappa shape index (κ3) is 2.34. The molecule has 0 aliphatic heterocycles. The number of hydrogen-bond donors (Lipinski definition) is 0. The monoisotopic (exact) mass is 322 g/mol. The van der Waals surface area contributed by atoms with Crippen molar-refractivity contribution in [3.8, 4) is 11.3 Å². The van der Waals surface area contributed by atoms with E-state index >= 15 is 0 Å². The van der Waals surface area contributed by atoms with Gasteiger partial charge in [0.2, 0.25) is 5.82 Å². The highest BCUT2D eigenvalue weighted by Gasteiger charge is 2.57. The fraction of sp³-hybridized carbons (Fsp3) is 0.267. The Balaban J connectivity index is 1.70. The number of halogens is 4. The third-order valence-electron chi connectivity index (χ3n) is 3.92. The van der Waals surface area contributed by atoms with Crippen LogP contribution in [0, 0.1) is 0 Å². The molecular weight excluding hydrogens is 312 g/mol. The highest BCUT2D eigenvalue weighted by Crippen LogP contribution is 2.55. The van der Waals surface area contributed by atoms with Crippen LogP contribution in [0.4, 0.5) is 17.6 Å². The Morgan fingerprint density at radius 1 is 1.04 bits per heavy atom. The Kier molecular flexibility index (Phi) is 2.91. The molecule has 0 bridgehead atoms. The molecule has 0 unspecified atom stereocenters. The molecule has 2 heterocycles. The molecular formula is C15H10F4N4. The average molecular weight is 322 g/mol. The van der Waals surface area contributed by atoms with Crippen LogP contribution in [0.25, 0.3) is 16.9 Å². The first kappa shape index (κ1) is 14.1. The number of rotatable bonds is 3. The Hall–Kier alpha value is -2.51. The molecule has 1 atom stereocenters. The van der Waals surface area contributed by atoms with Gasteiger partial charge in [0.15, 0.2) is 5.65 Å². The van der Waals surface area contributed by atoms with E-state index in [1.807, 2.05) is 0 Å². The first-order valence-corrected chi connectivity index (χ1v) is 6.94. The van der Waals surface area contributed by atoms with Crippen molar-refractivity contribution in [3.63, 3.8) is 0 Å². The number of nitrogens with zero attached hydrogens (tertiary/aromatic N) is 4. The Morgan fingerprint density at radius 3 is 2.35 bits per heavy atom. The summed E-state index contributed by atoms with van der Waals surface area (Å²) in [5, 5.41) is 11.1. The lowest BCUT2D eigenvalue weighted by Gasteiger charge is -2.05. The highest BCUT2D eigenvalue weighted by molar-refractivity contribution is 5.61. The molecule has 1 aliphatic carbocycles. The summed E-state index contributed by atoms with van der Waals surface area (Å²) in [6.07, 6.45) is -2.91. The highest BCUT2D eigenvalue weighted by atomic mass is 19.3. The summed E-state index contributed by atoms with van der Waals surface area (Å²) in [5.74, 6) is -3.88. The van der Waals surface area contributed by atoms with E-state index < -0.39 is 24.1 Å². The normalized spacial score (nSPS) is 19.4. The lowest BCUT2D eigenvalue weighted by Crippen LogP contribution is -2.00. The molecule has 0 amide bonds. The summed E-state index contributed by atoms with van der Waals surface area (Å²) in [5.41, 5.74) is 1.87. The Labute approximate surface area is 127 Å². The first-order chi connectivity index (χ1) is 11.0. The fourth-order valence-electron chi connectivity index (χ4n) is 2.56. The number of benzene rings is 1. The van der Waals surface area contributed by atoms with Gasteiger partial charge in [0.25, 0.3) is 12.3 Å². The van der Waals surface area contributed by atoms with Crippen molar-refractivity contribution in [1.29, 1.82) is 0 Å². The van der Waals surface area contributed by atoms with Crippen molar-refractivity contribution in [3.05, 3.63) is 47.8 Å². The second-order valence-electron chi connectivity index (χ2n) is 5.49. The number of aromatic nitrogens is 4. The molecule has 3 aromatic rings. The van der Waals surface area contributed by atoms with Gasteiger partial charge < -0.3 is 0 Å². The van der Waals surface area contributed by atoms with Crippen LogP contribution in [0.5, 0.6) is 0 Å². The predicted octanol–water partition coefficient (Wildman–Crippen LogP) is 3.85. The van der Waals surface area contributed by atoms with Crippen LogP contribution in [-0.4, -0.2) is 25.7 Å². The van der Waals surface area contributed by atoms with Crippen LogP contribution >= 0.6 is 0 Å². The number of alkyl halides is 4. The molecule has 2 aromatic heterocycles. The zero-order chi connectivity index (χ0) is 16.2. The third-order valence-corrected chi connectivity index (χ3v) is 3.92. The second kappa shape index (κ2) is 4.74. The molecule has 1 fully saturated rings. The van der Waals surface area contributed by atoms with Crippen molar-refractivity contribution in [2.24, 2.45) is 0 Å². The predicted molar refractivity (Wildman–Crippen MR) is 73.5 cm³/mol. The summed E-state index contributed by atoms with van der Waals surface area (Å²) in [6.45, 7) is 0. The molecule has 1 saturated carbocycles. The van der Waals surface area contributed by atoms with Crippen LogP contribution in [0.15, 0.2) is 36.4 Å². The van der Waals surface area contributed by atoms with E-state index in [-0.39, 0.29) is 12.1 Å². The van der Waals surface area contributed by atoms with Gasteiger partial charge in [0.05, 0.1) is 11.6 Å². The van der Waals surface area contributed by atoms with E-state index in [2.05, 4.69) is 15.3 Å². The molecule has 0 radical (unpaired) electrons. The van der Waals surface area contributed by atoms with Gasteiger partial charge in [-0.2, -0.15) is 9.61 Å². The van der Waals surface area contributed by atoms with Gasteiger partial charge in [0, 0.05) is 12.0 Å². The summed E-state index contributed by atoms with van der Waals surface area (Å²) in [7, 11) is 0. The maximum absolute atomic E-state index is 13.1. The van der Waals surface area contributed by atoms with Crippen molar-refractivity contribution in [2.75, 3.05) is 0 Å². The van der Waals surface area contributed by atoms with E-state index in [1.165, 1.54) is 6.07 Å². The van der Waals surface area contributed by atoms with E-state index in [0.29, 0.717) is 16.8 Å². The number of hydrogen-bond acceptors (Lipinski definition) is 3. The maximum Gasteiger partial charge on any atom is 0.299 e. The van der Waals surface area contributed by atoms with Gasteiger partial charge in [-0.25, -0.2) is 17.6 Å². The quantitative estimate of drug-likeness (QED) is 0.688. The SMILES string of the molecule is FC(F)c1nnc2ccc(-c3ccc([C@@H]4CC4(F)F)cc3)nn12. The van der Waals surface area contributed by atoms with E-state index in [9.17, 15) is 17.6 Å². The van der Waals surface area contributed by atoms with E-state index in [4.69, 9.17) is 0 Å². The molecule has 0 saturated heterocycles. The van der Waals surface area contributed by atoms with Crippen LogP contribution < -0.4 is 0 Å². The molecule has 0 N–H and O–H groups in total. The molecule has 0 spiro atoms. The van der Waals surface area contributed by atoms with Crippen LogP contribution in [0.2, 0.25) is 0 Å². The zero-order valence-electron chi connectivity index (χ0n) is 11.6. The molecule has 1 aromatic carbocycles. The largest absolute Gasteiger partial charge is 0.299 e. The van der Waals surface area contributed by atoms with Gasteiger partial charge in [-0.1, -0.05) is 24.3 Å². The summed E-state index contributed by atoms with van der Waals surface area (Å²) < 4.78 is 52.8. The number of fused-ring (bicyclic) bond motifs is 1. The average Bonchev–Trinajstić information content (AvgIpc) is 2.97.